The van der Waals surface area contributed by atoms with Crippen molar-refractivity contribution in [1.82, 2.24) is 0 Å². The minimum Gasteiger partial charge on any atom is -0.326 e. The van der Waals surface area contributed by atoms with Crippen LogP contribution in [0.2, 0.25) is 0 Å². The van der Waals surface area contributed by atoms with Gasteiger partial charge < -0.3 is 5.32 Å². The van der Waals surface area contributed by atoms with Crippen molar-refractivity contribution in [2.24, 2.45) is 5.92 Å². The molecule has 1 aromatic carbocycles. The fourth-order valence-electron chi connectivity index (χ4n) is 2.31. The third-order valence-corrected chi connectivity index (χ3v) is 3.38. The molecule has 0 bridgehead atoms. The van der Waals surface area contributed by atoms with E-state index < -0.39 is 0 Å². The largest absolute Gasteiger partial charge is 0.326 e. The molecule has 0 aliphatic heterocycles. The Kier molecular flexibility index (Phi) is 3.60. The molecule has 1 amide bonds. The number of para-hydroxylation sites is 1. The highest BCUT2D eigenvalue weighted by molar-refractivity contribution is 5.93. The minimum absolute atomic E-state index is 0.203. The molecule has 1 aliphatic rings. The molecule has 86 valence electrons. The van der Waals surface area contributed by atoms with Gasteiger partial charge in [0.05, 0.1) is 0 Å². The second-order valence-corrected chi connectivity index (χ2v) is 4.64. The molecule has 0 atom stereocenters. The van der Waals surface area contributed by atoms with Gasteiger partial charge in [-0.2, -0.15) is 0 Å². The lowest BCUT2D eigenvalue weighted by atomic mass is 9.88. The van der Waals surface area contributed by atoms with E-state index in [0.717, 1.165) is 24.1 Å². The average Bonchev–Trinajstić information content (AvgIpc) is 2.33. The van der Waals surface area contributed by atoms with Crippen molar-refractivity contribution in [2.45, 2.75) is 39.0 Å². The molecule has 1 N–H and O–H groups in total. The van der Waals surface area contributed by atoms with Crippen LogP contribution in [-0.4, -0.2) is 5.91 Å². The Labute approximate surface area is 97.1 Å². The number of carbonyl (C=O) groups is 1. The third-order valence-electron chi connectivity index (χ3n) is 3.38. The number of nitrogens with one attached hydrogen (secondary N) is 1. The summed E-state index contributed by atoms with van der Waals surface area (Å²) in [5.41, 5.74) is 2.09. The lowest BCUT2D eigenvalue weighted by Gasteiger charge is -2.21. The average molecular weight is 217 g/mol. The standard InChI is InChI=1S/C14H19NO/c1-11-7-5-6-10-13(11)15-14(16)12-8-3-2-4-9-12/h5-7,10,12H,2-4,8-9H2,1H3,(H,15,16). The molecule has 0 radical (unpaired) electrons. The molecule has 2 nitrogen and oxygen atoms in total. The summed E-state index contributed by atoms with van der Waals surface area (Å²) in [6.45, 7) is 2.02. The Bertz CT molecular complexity index is 367. The quantitative estimate of drug-likeness (QED) is 0.807. The summed E-state index contributed by atoms with van der Waals surface area (Å²) in [6.07, 6.45) is 5.79. The SMILES string of the molecule is Cc1ccccc1NC(=O)C1CCCCC1. The van der Waals surface area contributed by atoms with Crippen molar-refractivity contribution in [1.29, 1.82) is 0 Å². The molecular formula is C14H19NO. The van der Waals surface area contributed by atoms with Gasteiger partial charge in [-0.1, -0.05) is 37.5 Å². The molecule has 0 unspecified atom stereocenters. The second kappa shape index (κ2) is 5.15. The van der Waals surface area contributed by atoms with E-state index in [4.69, 9.17) is 0 Å². The number of carbonyl (C=O) groups excluding carboxylic acids is 1. The first-order valence-corrected chi connectivity index (χ1v) is 6.14. The van der Waals surface area contributed by atoms with Gasteiger partial charge in [-0.15, -0.1) is 0 Å². The Hall–Kier alpha value is -1.31. The van der Waals surface area contributed by atoms with Gasteiger partial charge in [-0.25, -0.2) is 0 Å². The maximum absolute atomic E-state index is 12.0. The summed E-state index contributed by atoms with van der Waals surface area (Å²) in [6, 6.07) is 7.95. The molecule has 0 spiro atoms. The molecule has 2 heteroatoms. The van der Waals surface area contributed by atoms with E-state index in [1.807, 2.05) is 31.2 Å². The van der Waals surface area contributed by atoms with E-state index in [-0.39, 0.29) is 11.8 Å². The smallest absolute Gasteiger partial charge is 0.227 e. The summed E-state index contributed by atoms with van der Waals surface area (Å²) in [5.74, 6) is 0.433. The fraction of sp³-hybridized carbons (Fsp3) is 0.500. The molecule has 16 heavy (non-hydrogen) atoms. The van der Waals surface area contributed by atoms with Crippen LogP contribution >= 0.6 is 0 Å². The van der Waals surface area contributed by atoms with Crippen LogP contribution in [0, 0.1) is 12.8 Å². The molecular weight excluding hydrogens is 198 g/mol. The van der Waals surface area contributed by atoms with Crippen molar-refractivity contribution < 1.29 is 4.79 Å². The van der Waals surface area contributed by atoms with Crippen LogP contribution in [-0.2, 0) is 4.79 Å². The van der Waals surface area contributed by atoms with E-state index in [2.05, 4.69) is 5.32 Å². The molecule has 1 aromatic rings. The number of benzene rings is 1. The highest BCUT2D eigenvalue weighted by Crippen LogP contribution is 2.25. The van der Waals surface area contributed by atoms with Gasteiger partial charge in [0, 0.05) is 11.6 Å². The Balaban J connectivity index is 1.99. The number of aryl methyl sites for hydroxylation is 1. The zero-order chi connectivity index (χ0) is 11.4. The molecule has 0 aromatic heterocycles. The van der Waals surface area contributed by atoms with Gasteiger partial charge in [0.25, 0.3) is 0 Å². The summed E-state index contributed by atoms with van der Waals surface area (Å²) in [7, 11) is 0. The van der Waals surface area contributed by atoms with E-state index in [0.29, 0.717) is 0 Å². The third kappa shape index (κ3) is 2.63. The Morgan fingerprint density at radius 3 is 2.56 bits per heavy atom. The van der Waals surface area contributed by atoms with Crippen LogP contribution in [0.15, 0.2) is 24.3 Å². The van der Waals surface area contributed by atoms with Gasteiger partial charge >= 0.3 is 0 Å². The summed E-state index contributed by atoms with van der Waals surface area (Å²) in [5, 5.41) is 3.04. The number of amides is 1. The first kappa shape index (κ1) is 11.2. The Morgan fingerprint density at radius 2 is 1.88 bits per heavy atom. The molecule has 2 rings (SSSR count). The maximum atomic E-state index is 12.0. The summed E-state index contributed by atoms with van der Waals surface area (Å²) in [4.78, 5) is 12.0. The molecule has 0 heterocycles. The predicted molar refractivity (Wildman–Crippen MR) is 66.4 cm³/mol. The predicted octanol–water partition coefficient (Wildman–Crippen LogP) is 3.51. The first-order chi connectivity index (χ1) is 7.77. The number of hydrogen-bond acceptors (Lipinski definition) is 1. The zero-order valence-electron chi connectivity index (χ0n) is 9.83. The Morgan fingerprint density at radius 1 is 1.19 bits per heavy atom. The van der Waals surface area contributed by atoms with Crippen molar-refractivity contribution in [3.8, 4) is 0 Å². The number of rotatable bonds is 2. The second-order valence-electron chi connectivity index (χ2n) is 4.64. The lowest BCUT2D eigenvalue weighted by molar-refractivity contribution is -0.120. The van der Waals surface area contributed by atoms with Crippen molar-refractivity contribution in [3.63, 3.8) is 0 Å². The fourth-order valence-corrected chi connectivity index (χ4v) is 2.31. The van der Waals surface area contributed by atoms with E-state index >= 15 is 0 Å². The van der Waals surface area contributed by atoms with Crippen molar-refractivity contribution in [2.75, 3.05) is 5.32 Å². The summed E-state index contributed by atoms with van der Waals surface area (Å²) >= 11 is 0. The highest BCUT2D eigenvalue weighted by atomic mass is 16.1. The maximum Gasteiger partial charge on any atom is 0.227 e. The molecule has 1 saturated carbocycles. The highest BCUT2D eigenvalue weighted by Gasteiger charge is 2.21. The molecule has 1 fully saturated rings. The monoisotopic (exact) mass is 217 g/mol. The topological polar surface area (TPSA) is 29.1 Å². The first-order valence-electron chi connectivity index (χ1n) is 6.14. The van der Waals surface area contributed by atoms with E-state index in [9.17, 15) is 4.79 Å². The van der Waals surface area contributed by atoms with Crippen LogP contribution in [0.4, 0.5) is 5.69 Å². The van der Waals surface area contributed by atoms with Crippen LogP contribution in [0.5, 0.6) is 0 Å². The van der Waals surface area contributed by atoms with E-state index in [1.165, 1.54) is 19.3 Å². The van der Waals surface area contributed by atoms with Crippen LogP contribution in [0.1, 0.15) is 37.7 Å². The minimum atomic E-state index is 0.203. The van der Waals surface area contributed by atoms with E-state index in [1.54, 1.807) is 0 Å². The van der Waals surface area contributed by atoms with Gasteiger partial charge in [-0.3, -0.25) is 4.79 Å². The van der Waals surface area contributed by atoms with Gasteiger partial charge in [0.15, 0.2) is 0 Å². The normalized spacial score (nSPS) is 17.1. The van der Waals surface area contributed by atoms with Crippen molar-refractivity contribution >= 4 is 11.6 Å². The number of anilines is 1. The molecule has 0 saturated heterocycles. The molecule has 1 aliphatic carbocycles. The van der Waals surface area contributed by atoms with Crippen LogP contribution < -0.4 is 5.32 Å². The number of hydrogen-bond donors (Lipinski definition) is 1. The van der Waals surface area contributed by atoms with Gasteiger partial charge in [0.2, 0.25) is 5.91 Å². The summed E-state index contributed by atoms with van der Waals surface area (Å²) < 4.78 is 0. The van der Waals surface area contributed by atoms with Crippen LogP contribution in [0.3, 0.4) is 0 Å². The van der Waals surface area contributed by atoms with Crippen LogP contribution in [0.25, 0.3) is 0 Å². The van der Waals surface area contributed by atoms with Gasteiger partial charge in [0.1, 0.15) is 0 Å². The van der Waals surface area contributed by atoms with Crippen molar-refractivity contribution in [3.05, 3.63) is 29.8 Å². The zero-order valence-corrected chi connectivity index (χ0v) is 9.83. The lowest BCUT2D eigenvalue weighted by Crippen LogP contribution is -2.24. The van der Waals surface area contributed by atoms with Gasteiger partial charge in [-0.05, 0) is 31.4 Å².